The van der Waals surface area contributed by atoms with Crippen LogP contribution in [0.5, 0.6) is 0 Å². The number of halogens is 2. The first-order valence-electron chi connectivity index (χ1n) is 7.42. The van der Waals surface area contributed by atoms with Gasteiger partial charge in [-0.2, -0.15) is 0 Å². The maximum Gasteiger partial charge on any atom is 0.256 e. The van der Waals surface area contributed by atoms with Crippen molar-refractivity contribution in [3.63, 3.8) is 0 Å². The monoisotopic (exact) mass is 327 g/mol. The molecule has 0 saturated carbocycles. The van der Waals surface area contributed by atoms with Gasteiger partial charge < -0.3 is 0 Å². The molecule has 6 heteroatoms. The second kappa shape index (κ2) is 5.96. The lowest BCUT2D eigenvalue weighted by Crippen LogP contribution is -2.21. The van der Waals surface area contributed by atoms with E-state index in [9.17, 15) is 13.6 Å². The zero-order valence-corrected chi connectivity index (χ0v) is 13.5. The predicted molar refractivity (Wildman–Crippen MR) is 89.1 cm³/mol. The van der Waals surface area contributed by atoms with Crippen molar-refractivity contribution >= 4 is 16.6 Å². The van der Waals surface area contributed by atoms with Crippen LogP contribution < -0.4 is 5.56 Å². The van der Waals surface area contributed by atoms with Crippen molar-refractivity contribution in [2.75, 3.05) is 0 Å². The quantitative estimate of drug-likeness (QED) is 0.719. The number of aromatic nitrogens is 3. The van der Waals surface area contributed by atoms with Gasteiger partial charge >= 0.3 is 0 Å². The fraction of sp³-hybridized carbons (Fsp3) is 0.167. The minimum absolute atomic E-state index is 0.176. The van der Waals surface area contributed by atoms with Gasteiger partial charge in [0.15, 0.2) is 5.65 Å². The Morgan fingerprint density at radius 2 is 1.79 bits per heavy atom. The van der Waals surface area contributed by atoms with Gasteiger partial charge in [0, 0.05) is 11.5 Å². The van der Waals surface area contributed by atoms with Crippen LogP contribution in [0.3, 0.4) is 0 Å². The normalized spacial score (nSPS) is 12.0. The molecule has 0 amide bonds. The van der Waals surface area contributed by atoms with Gasteiger partial charge in [-0.25, -0.2) is 18.7 Å². The van der Waals surface area contributed by atoms with E-state index in [4.69, 9.17) is 0 Å². The summed E-state index contributed by atoms with van der Waals surface area (Å²) in [6, 6.07) is 6.31. The third-order valence-electron chi connectivity index (χ3n) is 3.83. The Kier molecular flexibility index (Phi) is 3.97. The van der Waals surface area contributed by atoms with Gasteiger partial charge in [0.05, 0.1) is 5.69 Å². The molecule has 2 heterocycles. The van der Waals surface area contributed by atoms with Crippen LogP contribution in [0, 0.1) is 18.6 Å². The van der Waals surface area contributed by atoms with Gasteiger partial charge in [-0.1, -0.05) is 12.1 Å². The molecule has 0 radical (unpaired) electrons. The molecular weight excluding hydrogens is 312 g/mol. The molecule has 4 nitrogen and oxygen atoms in total. The summed E-state index contributed by atoms with van der Waals surface area (Å²) < 4.78 is 29.4. The van der Waals surface area contributed by atoms with Crippen molar-refractivity contribution in [1.29, 1.82) is 0 Å². The summed E-state index contributed by atoms with van der Waals surface area (Å²) in [6.07, 6.45) is 1.88. The third kappa shape index (κ3) is 2.50. The number of hydrogen-bond acceptors (Lipinski definition) is 3. The Morgan fingerprint density at radius 1 is 1.12 bits per heavy atom. The van der Waals surface area contributed by atoms with Crippen molar-refractivity contribution in [2.45, 2.75) is 20.8 Å². The van der Waals surface area contributed by atoms with E-state index < -0.39 is 22.9 Å². The Balaban J connectivity index is 2.52. The summed E-state index contributed by atoms with van der Waals surface area (Å²) in [7, 11) is 0. The summed E-state index contributed by atoms with van der Waals surface area (Å²) in [5.74, 6) is -1.25. The van der Waals surface area contributed by atoms with Gasteiger partial charge in [-0.15, -0.1) is 0 Å². The number of nitrogens with zero attached hydrogens (tertiary/aromatic N) is 3. The number of fused-ring (bicyclic) bond motifs is 1. The van der Waals surface area contributed by atoms with Crippen LogP contribution in [0.2, 0.25) is 0 Å². The molecule has 0 aliphatic rings. The smallest absolute Gasteiger partial charge is 0.256 e. The SMILES string of the molecule is C/C=C(/C)c1nc(C)nc2c1ccc(=O)n2-c1c(F)cccc1F. The van der Waals surface area contributed by atoms with E-state index in [0.717, 1.165) is 22.3 Å². The fourth-order valence-corrected chi connectivity index (χ4v) is 2.58. The number of benzene rings is 1. The zero-order chi connectivity index (χ0) is 17.4. The lowest BCUT2D eigenvalue weighted by molar-refractivity contribution is 0.568. The molecule has 24 heavy (non-hydrogen) atoms. The predicted octanol–water partition coefficient (Wildman–Crippen LogP) is 3.79. The number of aryl methyl sites for hydroxylation is 1. The van der Waals surface area contributed by atoms with E-state index in [-0.39, 0.29) is 5.65 Å². The first-order valence-corrected chi connectivity index (χ1v) is 7.42. The standard InChI is InChI=1S/C18H15F2N3O/c1-4-10(2)16-12-8-9-15(24)23(18(12)22-11(3)21-16)17-13(19)6-5-7-14(17)20/h4-9H,1-3H3/b10-4-. The molecular formula is C18H15F2N3O. The maximum atomic E-state index is 14.2. The van der Waals surface area contributed by atoms with E-state index in [1.165, 1.54) is 12.1 Å². The minimum Gasteiger partial charge on any atom is -0.269 e. The highest BCUT2D eigenvalue weighted by atomic mass is 19.1. The van der Waals surface area contributed by atoms with Gasteiger partial charge in [-0.3, -0.25) is 9.36 Å². The highest BCUT2D eigenvalue weighted by Crippen LogP contribution is 2.25. The third-order valence-corrected chi connectivity index (χ3v) is 3.83. The first-order chi connectivity index (χ1) is 11.4. The molecule has 0 atom stereocenters. The molecule has 0 fully saturated rings. The second-order valence-corrected chi connectivity index (χ2v) is 5.41. The lowest BCUT2D eigenvalue weighted by Gasteiger charge is -2.14. The molecule has 0 unspecified atom stereocenters. The molecule has 0 spiro atoms. The summed E-state index contributed by atoms with van der Waals surface area (Å²) in [5.41, 5.74) is 0.689. The van der Waals surface area contributed by atoms with Crippen LogP contribution >= 0.6 is 0 Å². The zero-order valence-electron chi connectivity index (χ0n) is 13.5. The number of pyridine rings is 1. The number of para-hydroxylation sites is 1. The topological polar surface area (TPSA) is 47.8 Å². The van der Waals surface area contributed by atoms with Crippen LogP contribution in [0.15, 0.2) is 41.2 Å². The molecule has 0 bridgehead atoms. The van der Waals surface area contributed by atoms with Crippen LogP contribution in [0.4, 0.5) is 8.78 Å². The molecule has 0 aliphatic heterocycles. The fourth-order valence-electron chi connectivity index (χ4n) is 2.58. The molecule has 122 valence electrons. The molecule has 0 saturated heterocycles. The average Bonchev–Trinajstić information content (AvgIpc) is 2.55. The highest BCUT2D eigenvalue weighted by Gasteiger charge is 2.18. The maximum absolute atomic E-state index is 14.2. The van der Waals surface area contributed by atoms with Gasteiger partial charge in [-0.05, 0) is 44.5 Å². The largest absolute Gasteiger partial charge is 0.269 e. The molecule has 0 aliphatic carbocycles. The Hall–Kier alpha value is -2.89. The summed E-state index contributed by atoms with van der Waals surface area (Å²) in [6.45, 7) is 5.41. The van der Waals surface area contributed by atoms with Crippen LogP contribution in [0.25, 0.3) is 22.3 Å². The van der Waals surface area contributed by atoms with Crippen LogP contribution in [-0.4, -0.2) is 14.5 Å². The Morgan fingerprint density at radius 3 is 2.42 bits per heavy atom. The average molecular weight is 327 g/mol. The molecule has 3 aromatic rings. The van der Waals surface area contributed by atoms with Gasteiger partial charge in [0.25, 0.3) is 5.56 Å². The summed E-state index contributed by atoms with van der Waals surface area (Å²) in [5, 5.41) is 0.554. The number of rotatable bonds is 2. The molecule has 2 aromatic heterocycles. The van der Waals surface area contributed by atoms with Gasteiger partial charge in [0.1, 0.15) is 23.1 Å². The second-order valence-electron chi connectivity index (χ2n) is 5.41. The lowest BCUT2D eigenvalue weighted by atomic mass is 10.1. The Bertz CT molecular complexity index is 1020. The van der Waals surface area contributed by atoms with Crippen LogP contribution in [0.1, 0.15) is 25.4 Å². The summed E-state index contributed by atoms with van der Waals surface area (Å²) >= 11 is 0. The van der Waals surface area contributed by atoms with Crippen molar-refractivity contribution < 1.29 is 8.78 Å². The van der Waals surface area contributed by atoms with E-state index >= 15 is 0 Å². The Labute approximate surface area is 137 Å². The van der Waals surface area contributed by atoms with E-state index in [1.54, 1.807) is 13.0 Å². The molecule has 3 rings (SSSR count). The van der Waals surface area contributed by atoms with E-state index in [2.05, 4.69) is 9.97 Å². The van der Waals surface area contributed by atoms with Crippen LogP contribution in [-0.2, 0) is 0 Å². The highest BCUT2D eigenvalue weighted by molar-refractivity contribution is 5.88. The van der Waals surface area contributed by atoms with Gasteiger partial charge in [0.2, 0.25) is 0 Å². The number of allylic oxidation sites excluding steroid dienone is 2. The molecule has 0 N–H and O–H groups in total. The molecule has 1 aromatic carbocycles. The van der Waals surface area contributed by atoms with E-state index in [0.29, 0.717) is 16.9 Å². The van der Waals surface area contributed by atoms with Crippen molar-refractivity contribution in [3.05, 3.63) is 69.9 Å². The van der Waals surface area contributed by atoms with Crippen molar-refractivity contribution in [2.24, 2.45) is 0 Å². The van der Waals surface area contributed by atoms with Crippen molar-refractivity contribution in [3.8, 4) is 5.69 Å². The van der Waals surface area contributed by atoms with E-state index in [1.807, 2.05) is 19.9 Å². The number of hydrogen-bond donors (Lipinski definition) is 0. The minimum atomic E-state index is -0.829. The van der Waals surface area contributed by atoms with Crippen molar-refractivity contribution in [1.82, 2.24) is 14.5 Å². The summed E-state index contributed by atoms with van der Waals surface area (Å²) in [4.78, 5) is 21.0. The first kappa shape index (κ1) is 16.0.